The second-order valence-corrected chi connectivity index (χ2v) is 9.30. The Morgan fingerprint density at radius 1 is 1.15 bits per heavy atom. The second-order valence-electron chi connectivity index (χ2n) is 8.46. The molecular formula is C21H28BCl2N3O6. The Kier molecular flexibility index (Phi) is 10.0. The topological polar surface area (TPSA) is 123 Å². The smallest absolute Gasteiger partial charge is 0.508 e. The van der Waals surface area contributed by atoms with Gasteiger partial charge in [-0.1, -0.05) is 37.0 Å². The van der Waals surface area contributed by atoms with Crippen molar-refractivity contribution in [2.75, 3.05) is 6.54 Å². The lowest BCUT2D eigenvalue weighted by molar-refractivity contribution is -0.149. The molecule has 2 rings (SSSR count). The number of halogens is 2. The molecule has 33 heavy (non-hydrogen) atoms. The first-order valence-electron chi connectivity index (χ1n) is 10.6. The van der Waals surface area contributed by atoms with Gasteiger partial charge in [-0.2, -0.15) is 0 Å². The van der Waals surface area contributed by atoms with Crippen LogP contribution in [0, 0.1) is 5.92 Å². The van der Waals surface area contributed by atoms with Crippen LogP contribution in [0.5, 0.6) is 0 Å². The number of carbonyl (C=O) groups excluding carboxylic acids is 4. The molecule has 9 nitrogen and oxygen atoms in total. The standard InChI is InChI=1S/C21H28BCl2N3O6/c1-11(2)7-17(22-32-16(9-19(29)33-22)21(31)26-12(3)4)27-18(28)10-25-20(30)14-8-13(23)5-6-15(14)24/h5-6,8,11-12,16-17H,7,9-10H2,1-4H3,(H,25,30)(H,26,31)(H,27,28)/t16?,17-/m0/s1. The van der Waals surface area contributed by atoms with Crippen LogP contribution in [0.2, 0.25) is 10.0 Å². The van der Waals surface area contributed by atoms with Crippen molar-refractivity contribution in [3.8, 4) is 0 Å². The second kappa shape index (κ2) is 12.2. The van der Waals surface area contributed by atoms with Gasteiger partial charge >= 0.3 is 7.12 Å². The van der Waals surface area contributed by atoms with E-state index in [4.69, 9.17) is 32.5 Å². The van der Waals surface area contributed by atoms with Gasteiger partial charge in [0.1, 0.15) is 6.10 Å². The van der Waals surface area contributed by atoms with Crippen LogP contribution < -0.4 is 16.0 Å². The number of nitrogens with one attached hydrogen (secondary N) is 3. The highest BCUT2D eigenvalue weighted by molar-refractivity contribution is 6.50. The molecule has 0 aromatic heterocycles. The lowest BCUT2D eigenvalue weighted by Crippen LogP contribution is -2.58. The van der Waals surface area contributed by atoms with Crippen molar-refractivity contribution in [1.29, 1.82) is 0 Å². The van der Waals surface area contributed by atoms with Gasteiger partial charge in [-0.15, -0.1) is 0 Å². The van der Waals surface area contributed by atoms with Crippen molar-refractivity contribution in [1.82, 2.24) is 16.0 Å². The molecule has 1 saturated heterocycles. The van der Waals surface area contributed by atoms with Gasteiger partial charge in [0.2, 0.25) is 11.8 Å². The third-order valence-electron chi connectivity index (χ3n) is 4.60. The minimum atomic E-state index is -1.14. The minimum absolute atomic E-state index is 0.113. The van der Waals surface area contributed by atoms with E-state index in [-0.39, 0.29) is 35.5 Å². The lowest BCUT2D eigenvalue weighted by atomic mass is 9.72. The molecule has 2 atom stereocenters. The largest absolute Gasteiger partial charge is 0.551 e. The van der Waals surface area contributed by atoms with E-state index in [9.17, 15) is 19.2 Å². The summed E-state index contributed by atoms with van der Waals surface area (Å²) in [6, 6.07) is 4.30. The van der Waals surface area contributed by atoms with Crippen LogP contribution in [0.3, 0.4) is 0 Å². The first-order valence-corrected chi connectivity index (χ1v) is 11.4. The molecule has 0 spiro atoms. The minimum Gasteiger partial charge on any atom is -0.508 e. The fraction of sp³-hybridized carbons (Fsp3) is 0.524. The Morgan fingerprint density at radius 3 is 2.48 bits per heavy atom. The molecule has 1 aliphatic rings. The van der Waals surface area contributed by atoms with E-state index in [1.807, 2.05) is 13.8 Å². The SMILES string of the molecule is CC(C)C[C@H](NC(=O)CNC(=O)c1cc(Cl)ccc1Cl)B1OC(=O)CC(C(=O)NC(C)C)O1. The fourth-order valence-electron chi connectivity index (χ4n) is 3.21. The van der Waals surface area contributed by atoms with Gasteiger partial charge in [-0.05, 0) is 44.4 Å². The summed E-state index contributed by atoms with van der Waals surface area (Å²) in [6.45, 7) is 7.09. The van der Waals surface area contributed by atoms with Gasteiger partial charge in [-0.3, -0.25) is 19.2 Å². The molecule has 0 aliphatic carbocycles. The van der Waals surface area contributed by atoms with Crippen LogP contribution in [0.4, 0.5) is 0 Å². The maximum Gasteiger partial charge on any atom is 0.551 e. The van der Waals surface area contributed by atoms with E-state index < -0.39 is 42.9 Å². The lowest BCUT2D eigenvalue weighted by Gasteiger charge is -2.32. The van der Waals surface area contributed by atoms with Crippen LogP contribution in [0.15, 0.2) is 18.2 Å². The molecule has 12 heteroatoms. The van der Waals surface area contributed by atoms with Crippen LogP contribution in [-0.4, -0.2) is 55.4 Å². The van der Waals surface area contributed by atoms with Crippen LogP contribution in [-0.2, 0) is 23.7 Å². The zero-order valence-corrected chi connectivity index (χ0v) is 20.5. The Hall–Kier alpha value is -2.30. The summed E-state index contributed by atoms with van der Waals surface area (Å²) in [5, 5.41) is 8.44. The average molecular weight is 500 g/mol. The maximum atomic E-state index is 12.5. The summed E-state index contributed by atoms with van der Waals surface area (Å²) in [7, 11) is -1.14. The highest BCUT2D eigenvalue weighted by Crippen LogP contribution is 2.21. The molecule has 0 radical (unpaired) electrons. The molecule has 1 aromatic carbocycles. The van der Waals surface area contributed by atoms with Crippen molar-refractivity contribution in [2.45, 2.75) is 58.6 Å². The maximum absolute atomic E-state index is 12.5. The fourth-order valence-corrected chi connectivity index (χ4v) is 3.58. The molecule has 1 aromatic rings. The summed E-state index contributed by atoms with van der Waals surface area (Å²) in [5.74, 6) is -2.72. The highest BCUT2D eigenvalue weighted by Gasteiger charge is 2.44. The number of benzene rings is 1. The van der Waals surface area contributed by atoms with Crippen molar-refractivity contribution >= 4 is 54.0 Å². The van der Waals surface area contributed by atoms with Crippen molar-refractivity contribution in [3.05, 3.63) is 33.8 Å². The Balaban J connectivity index is 2.03. The summed E-state index contributed by atoms with van der Waals surface area (Å²) >= 11 is 11.9. The van der Waals surface area contributed by atoms with Crippen molar-refractivity contribution in [3.63, 3.8) is 0 Å². The number of hydrogen-bond donors (Lipinski definition) is 3. The molecule has 1 aliphatic heterocycles. The summed E-state index contributed by atoms with van der Waals surface area (Å²) < 4.78 is 11.0. The average Bonchev–Trinajstić information content (AvgIpc) is 2.72. The van der Waals surface area contributed by atoms with Crippen LogP contribution in [0.25, 0.3) is 0 Å². The van der Waals surface area contributed by atoms with Crippen LogP contribution in [0.1, 0.15) is 50.9 Å². The Morgan fingerprint density at radius 2 is 1.85 bits per heavy atom. The molecule has 0 saturated carbocycles. The molecule has 0 bridgehead atoms. The molecule has 1 unspecified atom stereocenters. The first-order chi connectivity index (χ1) is 15.5. The third-order valence-corrected chi connectivity index (χ3v) is 5.17. The van der Waals surface area contributed by atoms with E-state index in [2.05, 4.69) is 16.0 Å². The van der Waals surface area contributed by atoms with Gasteiger partial charge in [0.05, 0.1) is 29.5 Å². The van der Waals surface area contributed by atoms with Gasteiger partial charge in [0.25, 0.3) is 11.9 Å². The molecule has 1 heterocycles. The zero-order valence-electron chi connectivity index (χ0n) is 18.9. The molecule has 180 valence electrons. The van der Waals surface area contributed by atoms with Crippen molar-refractivity contribution in [2.24, 2.45) is 5.92 Å². The Bertz CT molecular complexity index is 899. The first kappa shape index (κ1) is 27.0. The predicted octanol–water partition coefficient (Wildman–Crippen LogP) is 2.14. The monoisotopic (exact) mass is 499 g/mol. The molecular weight excluding hydrogens is 472 g/mol. The summed E-state index contributed by atoms with van der Waals surface area (Å²) in [5.41, 5.74) is 0.138. The van der Waals surface area contributed by atoms with Crippen LogP contribution >= 0.6 is 23.2 Å². The van der Waals surface area contributed by atoms with E-state index >= 15 is 0 Å². The highest BCUT2D eigenvalue weighted by atomic mass is 35.5. The molecule has 3 N–H and O–H groups in total. The normalized spacial score (nSPS) is 16.9. The molecule has 3 amide bonds. The molecule has 1 fully saturated rings. The van der Waals surface area contributed by atoms with Crippen molar-refractivity contribution < 1.29 is 28.5 Å². The van der Waals surface area contributed by atoms with Gasteiger partial charge < -0.3 is 25.3 Å². The van der Waals surface area contributed by atoms with Gasteiger partial charge in [0, 0.05) is 11.1 Å². The van der Waals surface area contributed by atoms with E-state index in [1.54, 1.807) is 19.9 Å². The summed E-state index contributed by atoms with van der Waals surface area (Å²) in [4.78, 5) is 49.3. The van der Waals surface area contributed by atoms with E-state index in [0.717, 1.165) is 0 Å². The number of rotatable bonds is 9. The summed E-state index contributed by atoms with van der Waals surface area (Å²) in [6.07, 6.45) is -0.820. The quantitative estimate of drug-likeness (QED) is 0.447. The van der Waals surface area contributed by atoms with Gasteiger partial charge in [-0.25, -0.2) is 0 Å². The number of hydrogen-bond acceptors (Lipinski definition) is 6. The number of amides is 3. The van der Waals surface area contributed by atoms with E-state index in [0.29, 0.717) is 11.4 Å². The Labute approximate surface area is 203 Å². The van der Waals surface area contributed by atoms with E-state index in [1.165, 1.54) is 12.1 Å². The number of carbonyl (C=O) groups is 4. The van der Waals surface area contributed by atoms with Gasteiger partial charge in [0.15, 0.2) is 0 Å². The third kappa shape index (κ3) is 8.53. The zero-order chi connectivity index (χ0) is 24.7. The predicted molar refractivity (Wildman–Crippen MR) is 125 cm³/mol.